The van der Waals surface area contributed by atoms with Crippen LogP contribution in [-0.4, -0.2) is 33.9 Å². The molecule has 0 aliphatic carbocycles. The molecule has 3 radical (unpaired) electrons. The maximum absolute atomic E-state index is 4.30. The van der Waals surface area contributed by atoms with Crippen LogP contribution < -0.4 is 5.32 Å². The lowest BCUT2D eigenvalue weighted by Gasteiger charge is -2.50. The molecule has 0 saturated carbocycles. The molecule has 4 heteroatoms. The average molecular weight is 352 g/mol. The molecule has 3 atom stereocenters. The second-order valence-corrected chi connectivity index (χ2v) is 9.34. The van der Waals surface area contributed by atoms with E-state index >= 15 is 0 Å². The van der Waals surface area contributed by atoms with Crippen LogP contribution >= 0.6 is 0 Å². The van der Waals surface area contributed by atoms with Crippen LogP contribution in [0.3, 0.4) is 0 Å². The fraction of sp³-hybridized carbons (Fsp3) is 1.00. The second-order valence-electron chi connectivity index (χ2n) is 9.34. The Morgan fingerprint density at radius 3 is 1.54 bits per heavy atom. The second kappa shape index (κ2) is 11.9. The molecule has 3 unspecified atom stereocenters. The fourth-order valence-electron chi connectivity index (χ4n) is 6.18. The van der Waals surface area contributed by atoms with Crippen molar-refractivity contribution in [2.24, 2.45) is 11.8 Å². The third-order valence-corrected chi connectivity index (χ3v) is 7.59. The van der Waals surface area contributed by atoms with Gasteiger partial charge in [0.05, 0.1) is 0 Å². The molecular weight excluding hydrogens is 311 g/mol. The van der Waals surface area contributed by atoms with E-state index in [1.165, 1.54) is 122 Å². The Kier molecular flexibility index (Phi) is 9.54. The zero-order chi connectivity index (χ0) is 17.9. The van der Waals surface area contributed by atoms with Crippen molar-refractivity contribution in [2.75, 3.05) is 6.54 Å². The number of rotatable bonds is 0. The van der Waals surface area contributed by atoms with Gasteiger partial charge in [0.1, 0.15) is 21.8 Å². The van der Waals surface area contributed by atoms with Gasteiger partial charge in [-0.25, -0.2) is 0 Å². The molecule has 0 amide bonds. The van der Waals surface area contributed by atoms with Gasteiger partial charge < -0.3 is 5.32 Å². The monoisotopic (exact) mass is 352 g/mol. The van der Waals surface area contributed by atoms with Gasteiger partial charge in [-0.3, -0.25) is 0 Å². The van der Waals surface area contributed by atoms with Gasteiger partial charge >= 0.3 is 0 Å². The lowest BCUT2D eigenvalue weighted by Crippen LogP contribution is -2.57. The number of hydrogen-bond acceptors (Lipinski definition) is 1. The number of nitrogens with one attached hydrogen (secondary N) is 1. The average Bonchev–Trinajstić information content (AvgIpc) is 2.67. The summed E-state index contributed by atoms with van der Waals surface area (Å²) in [7, 11) is 7.75. The minimum atomic E-state index is 0.450. The molecule has 1 nitrogen and oxygen atoms in total. The summed E-state index contributed by atoms with van der Waals surface area (Å²) in [5.41, 5.74) is 0.450. The first-order chi connectivity index (χ1) is 12.9. The van der Waals surface area contributed by atoms with Gasteiger partial charge in [-0.2, -0.15) is 0 Å². The van der Waals surface area contributed by atoms with Gasteiger partial charge in [0, 0.05) is 5.54 Å². The third kappa shape index (κ3) is 6.08. The molecular formula is C22H41B3N. The maximum Gasteiger partial charge on any atom is 0.109 e. The van der Waals surface area contributed by atoms with Crippen molar-refractivity contribution in [3.63, 3.8) is 0 Å². The van der Waals surface area contributed by atoms with Gasteiger partial charge in [0.2, 0.25) is 0 Å². The van der Waals surface area contributed by atoms with E-state index in [9.17, 15) is 0 Å². The normalized spacial score (nSPS) is 36.0. The molecule has 3 heterocycles. The van der Waals surface area contributed by atoms with Crippen molar-refractivity contribution in [3.8, 4) is 0 Å². The van der Waals surface area contributed by atoms with E-state index in [2.05, 4.69) is 27.2 Å². The predicted molar refractivity (Wildman–Crippen MR) is 119 cm³/mol. The van der Waals surface area contributed by atoms with Crippen molar-refractivity contribution < 1.29 is 0 Å². The minimum Gasteiger partial charge on any atom is -0.311 e. The predicted octanol–water partition coefficient (Wildman–Crippen LogP) is 5.89. The minimum absolute atomic E-state index is 0.450. The molecule has 3 fully saturated rings. The SMILES string of the molecule is [B]1CCCCC23NCCC[B]CCCC2CCC[B]CCCC3CCC1. The molecule has 0 aromatic heterocycles. The molecule has 0 bridgehead atoms. The van der Waals surface area contributed by atoms with E-state index in [0.29, 0.717) is 5.54 Å². The Balaban J connectivity index is 1.86. The Bertz CT molecular complexity index is 330. The molecule has 143 valence electrons. The van der Waals surface area contributed by atoms with E-state index in [0.717, 1.165) is 11.8 Å². The highest BCUT2D eigenvalue weighted by Crippen LogP contribution is 2.44. The first-order valence-corrected chi connectivity index (χ1v) is 12.1. The quantitative estimate of drug-likeness (QED) is 0.536. The molecule has 1 N–H and O–H groups in total. The van der Waals surface area contributed by atoms with Crippen LogP contribution in [0.2, 0.25) is 37.9 Å². The molecule has 26 heavy (non-hydrogen) atoms. The highest BCUT2D eigenvalue weighted by atomic mass is 15.0. The lowest BCUT2D eigenvalue weighted by atomic mass is 9.57. The van der Waals surface area contributed by atoms with Crippen molar-refractivity contribution in [1.82, 2.24) is 5.32 Å². The summed E-state index contributed by atoms with van der Waals surface area (Å²) in [6.07, 6.45) is 25.3. The molecule has 3 rings (SSSR count). The third-order valence-electron chi connectivity index (χ3n) is 7.59. The first-order valence-electron chi connectivity index (χ1n) is 12.1. The van der Waals surface area contributed by atoms with Crippen LogP contribution in [0, 0.1) is 11.8 Å². The first kappa shape index (κ1) is 20.9. The van der Waals surface area contributed by atoms with E-state index in [1.54, 1.807) is 0 Å². The summed E-state index contributed by atoms with van der Waals surface area (Å²) in [4.78, 5) is 0. The Labute approximate surface area is 166 Å². The van der Waals surface area contributed by atoms with Crippen molar-refractivity contribution in [2.45, 2.75) is 121 Å². The van der Waals surface area contributed by atoms with Gasteiger partial charge in [-0.05, 0) is 56.9 Å². The van der Waals surface area contributed by atoms with Crippen LogP contribution in [0.25, 0.3) is 0 Å². The summed E-state index contributed by atoms with van der Waals surface area (Å²) >= 11 is 0. The zero-order valence-corrected chi connectivity index (χ0v) is 17.3. The highest BCUT2D eigenvalue weighted by Gasteiger charge is 2.43. The zero-order valence-electron chi connectivity index (χ0n) is 17.3. The van der Waals surface area contributed by atoms with Crippen LogP contribution in [0.1, 0.15) is 77.0 Å². The van der Waals surface area contributed by atoms with Crippen molar-refractivity contribution in [1.29, 1.82) is 0 Å². The Morgan fingerprint density at radius 2 is 1.00 bits per heavy atom. The van der Waals surface area contributed by atoms with Crippen molar-refractivity contribution in [3.05, 3.63) is 0 Å². The summed E-state index contributed by atoms with van der Waals surface area (Å²) in [6, 6.07) is 0. The molecule has 0 aromatic carbocycles. The molecule has 3 aliphatic heterocycles. The fourth-order valence-corrected chi connectivity index (χ4v) is 6.18. The Morgan fingerprint density at radius 1 is 0.538 bits per heavy atom. The maximum atomic E-state index is 4.30. The summed E-state index contributed by atoms with van der Waals surface area (Å²) in [6.45, 7) is 1.25. The molecule has 3 aliphatic rings. The van der Waals surface area contributed by atoms with E-state index in [1.807, 2.05) is 0 Å². The van der Waals surface area contributed by atoms with Crippen LogP contribution in [0.15, 0.2) is 0 Å². The summed E-state index contributed by atoms with van der Waals surface area (Å²) in [5.74, 6) is 1.82. The Hall–Kier alpha value is 0.155. The largest absolute Gasteiger partial charge is 0.311 e. The topological polar surface area (TPSA) is 12.0 Å². The standard InChI is InChI=1S/C22H41B3N/c1-2-13-23-14-3-8-20-9-4-15-24-16-5-10-21-11-6-17-25-18-7-19-26-22(20,21)12-1/h20-21,26H,1-19H2. The summed E-state index contributed by atoms with van der Waals surface area (Å²) < 4.78 is 0. The van der Waals surface area contributed by atoms with E-state index in [-0.39, 0.29) is 0 Å². The van der Waals surface area contributed by atoms with E-state index in [4.69, 9.17) is 0 Å². The van der Waals surface area contributed by atoms with Crippen molar-refractivity contribution >= 4 is 21.8 Å². The molecule has 3 saturated heterocycles. The van der Waals surface area contributed by atoms with Crippen LogP contribution in [0.5, 0.6) is 0 Å². The molecule has 0 aromatic rings. The lowest BCUT2D eigenvalue weighted by molar-refractivity contribution is 0.0778. The molecule has 1 spiro atoms. The van der Waals surface area contributed by atoms with Gasteiger partial charge in [0.25, 0.3) is 0 Å². The smallest absolute Gasteiger partial charge is 0.109 e. The van der Waals surface area contributed by atoms with Gasteiger partial charge in [-0.15, -0.1) is 0 Å². The van der Waals surface area contributed by atoms with Gasteiger partial charge in [-0.1, -0.05) is 76.4 Å². The van der Waals surface area contributed by atoms with Gasteiger partial charge in [0.15, 0.2) is 0 Å². The highest BCUT2D eigenvalue weighted by molar-refractivity contribution is 6.35. The van der Waals surface area contributed by atoms with Crippen LogP contribution in [-0.2, 0) is 0 Å². The number of hydrogen-bond donors (Lipinski definition) is 1. The van der Waals surface area contributed by atoms with E-state index < -0.39 is 0 Å². The summed E-state index contributed by atoms with van der Waals surface area (Å²) in [5, 5.41) is 4.30. The van der Waals surface area contributed by atoms with Crippen LogP contribution in [0.4, 0.5) is 0 Å².